The molecule has 0 amide bonds. The van der Waals surface area contributed by atoms with Gasteiger partial charge in [0.05, 0.1) is 0 Å². The van der Waals surface area contributed by atoms with Crippen LogP contribution >= 0.6 is 0 Å². The van der Waals surface area contributed by atoms with E-state index >= 15 is 0 Å². The lowest BCUT2D eigenvalue weighted by Crippen LogP contribution is -1.96. The molecule has 1 aromatic carbocycles. The van der Waals surface area contributed by atoms with Gasteiger partial charge in [0.15, 0.2) is 11.4 Å². The van der Waals surface area contributed by atoms with Crippen LogP contribution in [-0.2, 0) is 0 Å². The van der Waals surface area contributed by atoms with Gasteiger partial charge in [-0.05, 0) is 19.1 Å². The van der Waals surface area contributed by atoms with E-state index in [0.29, 0.717) is 16.7 Å². The zero-order valence-electron chi connectivity index (χ0n) is 7.85. The van der Waals surface area contributed by atoms with Gasteiger partial charge in [-0.3, -0.25) is 4.79 Å². The molecule has 5 nitrogen and oxygen atoms in total. The number of carbonyl (C=O) groups is 2. The number of carboxylic acids is 1. The van der Waals surface area contributed by atoms with Gasteiger partial charge in [0, 0.05) is 5.56 Å². The summed E-state index contributed by atoms with van der Waals surface area (Å²) in [5, 5.41) is 8.67. The summed E-state index contributed by atoms with van der Waals surface area (Å²) in [7, 11) is 0. The molecule has 0 aliphatic rings. The van der Waals surface area contributed by atoms with Crippen LogP contribution in [-0.4, -0.2) is 21.8 Å². The van der Waals surface area contributed by atoms with E-state index in [1.54, 1.807) is 18.2 Å². The number of rotatable bonds is 2. The number of hydrogen-bond donors (Lipinski definition) is 1. The standard InChI is InChI=1S/C10H7NO4/c1-5(12)6-3-2-4-7-8(6)11-9(15-7)10(13)14/h2-4H,1H3,(H,13,14). The number of fused-ring (bicyclic) bond motifs is 1. The molecule has 76 valence electrons. The minimum absolute atomic E-state index is 0.175. The predicted octanol–water partition coefficient (Wildman–Crippen LogP) is 1.73. The van der Waals surface area contributed by atoms with Crippen LogP contribution in [0.1, 0.15) is 28.0 Å². The van der Waals surface area contributed by atoms with Crippen molar-refractivity contribution in [3.05, 3.63) is 29.7 Å². The van der Waals surface area contributed by atoms with Gasteiger partial charge in [0.25, 0.3) is 0 Å². The fourth-order valence-corrected chi connectivity index (χ4v) is 1.32. The van der Waals surface area contributed by atoms with Crippen LogP contribution in [0, 0.1) is 0 Å². The topological polar surface area (TPSA) is 80.4 Å². The molecule has 0 fully saturated rings. The number of nitrogens with zero attached hydrogens (tertiary/aromatic N) is 1. The van der Waals surface area contributed by atoms with E-state index in [4.69, 9.17) is 9.52 Å². The molecule has 15 heavy (non-hydrogen) atoms. The van der Waals surface area contributed by atoms with Gasteiger partial charge in [-0.25, -0.2) is 9.78 Å². The molecule has 0 atom stereocenters. The van der Waals surface area contributed by atoms with Crippen molar-refractivity contribution < 1.29 is 19.1 Å². The summed E-state index contributed by atoms with van der Waals surface area (Å²) >= 11 is 0. The summed E-state index contributed by atoms with van der Waals surface area (Å²) in [6.07, 6.45) is 0. The minimum atomic E-state index is -1.25. The zero-order chi connectivity index (χ0) is 11.0. The number of para-hydroxylation sites is 1. The van der Waals surface area contributed by atoms with Crippen molar-refractivity contribution >= 4 is 22.9 Å². The second-order valence-electron chi connectivity index (χ2n) is 3.03. The minimum Gasteiger partial charge on any atom is -0.474 e. The summed E-state index contributed by atoms with van der Waals surface area (Å²) in [6.45, 7) is 1.39. The first-order valence-corrected chi connectivity index (χ1v) is 4.23. The van der Waals surface area contributed by atoms with Gasteiger partial charge in [0.1, 0.15) is 5.52 Å². The Balaban J connectivity index is 2.75. The average molecular weight is 205 g/mol. The monoisotopic (exact) mass is 205 g/mol. The molecule has 0 saturated carbocycles. The van der Waals surface area contributed by atoms with Crippen LogP contribution in [0.25, 0.3) is 11.1 Å². The van der Waals surface area contributed by atoms with Crippen molar-refractivity contribution in [1.29, 1.82) is 0 Å². The number of carboxylic acid groups (broad SMARTS) is 1. The van der Waals surface area contributed by atoms with Gasteiger partial charge < -0.3 is 9.52 Å². The molecule has 0 spiro atoms. The van der Waals surface area contributed by atoms with Crippen LogP contribution in [0.2, 0.25) is 0 Å². The number of benzene rings is 1. The third kappa shape index (κ3) is 1.48. The number of oxazole rings is 1. The number of aromatic carboxylic acids is 1. The number of ketones is 1. The van der Waals surface area contributed by atoms with Gasteiger partial charge >= 0.3 is 11.9 Å². The Morgan fingerprint density at radius 2 is 2.13 bits per heavy atom. The maximum Gasteiger partial charge on any atom is 0.392 e. The van der Waals surface area contributed by atoms with E-state index in [1.807, 2.05) is 0 Å². The molecular weight excluding hydrogens is 198 g/mol. The summed E-state index contributed by atoms with van der Waals surface area (Å²) < 4.78 is 4.96. The molecule has 2 aromatic rings. The van der Waals surface area contributed by atoms with E-state index in [1.165, 1.54) is 6.92 Å². The van der Waals surface area contributed by atoms with Crippen molar-refractivity contribution in [2.24, 2.45) is 0 Å². The van der Waals surface area contributed by atoms with Crippen LogP contribution in [0.3, 0.4) is 0 Å². The highest BCUT2D eigenvalue weighted by Crippen LogP contribution is 2.19. The van der Waals surface area contributed by atoms with Gasteiger partial charge in [-0.15, -0.1) is 0 Å². The summed E-state index contributed by atoms with van der Waals surface area (Å²) in [6, 6.07) is 4.77. The lowest BCUT2D eigenvalue weighted by atomic mass is 10.1. The van der Waals surface area contributed by atoms with Crippen molar-refractivity contribution in [2.45, 2.75) is 6.92 Å². The highest BCUT2D eigenvalue weighted by atomic mass is 16.4. The normalized spacial score (nSPS) is 10.5. The molecule has 0 aliphatic carbocycles. The maximum atomic E-state index is 11.2. The molecule has 0 unspecified atom stereocenters. The fourth-order valence-electron chi connectivity index (χ4n) is 1.32. The molecule has 0 bridgehead atoms. The maximum absolute atomic E-state index is 11.2. The SMILES string of the molecule is CC(=O)c1cccc2oc(C(=O)O)nc12. The Morgan fingerprint density at radius 3 is 2.73 bits per heavy atom. The molecule has 1 N–H and O–H groups in total. The Kier molecular flexibility index (Phi) is 2.00. The summed E-state index contributed by atoms with van der Waals surface area (Å²) in [4.78, 5) is 25.6. The second kappa shape index (κ2) is 3.20. The van der Waals surface area contributed by atoms with E-state index in [2.05, 4.69) is 4.98 Å². The van der Waals surface area contributed by atoms with E-state index in [9.17, 15) is 9.59 Å². The first-order chi connectivity index (χ1) is 7.09. The van der Waals surface area contributed by atoms with Crippen molar-refractivity contribution in [3.8, 4) is 0 Å². The number of hydrogen-bond acceptors (Lipinski definition) is 4. The van der Waals surface area contributed by atoms with E-state index < -0.39 is 11.9 Å². The largest absolute Gasteiger partial charge is 0.474 e. The lowest BCUT2D eigenvalue weighted by molar-refractivity contribution is 0.0656. The molecule has 0 aliphatic heterocycles. The van der Waals surface area contributed by atoms with Crippen LogP contribution in [0.5, 0.6) is 0 Å². The molecular formula is C10H7NO4. The molecule has 2 rings (SSSR count). The van der Waals surface area contributed by atoms with Crippen LogP contribution < -0.4 is 0 Å². The lowest BCUT2D eigenvalue weighted by Gasteiger charge is -1.93. The highest BCUT2D eigenvalue weighted by molar-refractivity contribution is 6.05. The Hall–Kier alpha value is -2.17. The number of aromatic nitrogens is 1. The molecule has 1 aromatic heterocycles. The summed E-state index contributed by atoms with van der Waals surface area (Å²) in [5.74, 6) is -1.83. The summed E-state index contributed by atoms with van der Waals surface area (Å²) in [5.41, 5.74) is 0.964. The van der Waals surface area contributed by atoms with Crippen molar-refractivity contribution in [2.75, 3.05) is 0 Å². The Morgan fingerprint density at radius 1 is 1.40 bits per heavy atom. The number of carbonyl (C=O) groups excluding carboxylic acids is 1. The van der Waals surface area contributed by atoms with Crippen molar-refractivity contribution in [3.63, 3.8) is 0 Å². The predicted molar refractivity (Wildman–Crippen MR) is 51.0 cm³/mol. The third-order valence-electron chi connectivity index (χ3n) is 1.98. The quantitative estimate of drug-likeness (QED) is 0.755. The third-order valence-corrected chi connectivity index (χ3v) is 1.98. The first kappa shape index (κ1) is 9.39. The second-order valence-corrected chi connectivity index (χ2v) is 3.03. The first-order valence-electron chi connectivity index (χ1n) is 4.23. The van der Waals surface area contributed by atoms with Gasteiger partial charge in [-0.1, -0.05) is 6.07 Å². The van der Waals surface area contributed by atoms with E-state index in [-0.39, 0.29) is 5.78 Å². The highest BCUT2D eigenvalue weighted by Gasteiger charge is 2.16. The Labute approximate surface area is 84.3 Å². The zero-order valence-corrected chi connectivity index (χ0v) is 7.85. The van der Waals surface area contributed by atoms with Gasteiger partial charge in [0.2, 0.25) is 0 Å². The Bertz CT molecular complexity index is 556. The van der Waals surface area contributed by atoms with Crippen LogP contribution in [0.4, 0.5) is 0 Å². The molecule has 0 radical (unpaired) electrons. The molecule has 5 heteroatoms. The van der Waals surface area contributed by atoms with Crippen molar-refractivity contribution in [1.82, 2.24) is 4.98 Å². The smallest absolute Gasteiger partial charge is 0.392 e. The molecule has 1 heterocycles. The van der Waals surface area contributed by atoms with E-state index in [0.717, 1.165) is 0 Å². The fraction of sp³-hybridized carbons (Fsp3) is 0.100. The molecule has 0 saturated heterocycles. The van der Waals surface area contributed by atoms with Gasteiger partial charge in [-0.2, -0.15) is 0 Å². The van der Waals surface area contributed by atoms with Crippen LogP contribution in [0.15, 0.2) is 22.6 Å². The average Bonchev–Trinajstić information content (AvgIpc) is 2.60. The number of Topliss-reactive ketones (excluding diaryl/α,β-unsaturated/α-hetero) is 1.